The van der Waals surface area contributed by atoms with Crippen LogP contribution in [-0.2, 0) is 6.54 Å². The molecule has 24 heavy (non-hydrogen) atoms. The number of fused-ring (bicyclic) bond motifs is 1. The number of nitrogens with zero attached hydrogens (tertiary/aromatic N) is 4. The van der Waals surface area contributed by atoms with Crippen molar-refractivity contribution in [2.75, 3.05) is 0 Å². The number of ether oxygens (including phenoxy) is 1. The summed E-state index contributed by atoms with van der Waals surface area (Å²) in [6, 6.07) is 16.1. The molecule has 0 aliphatic rings. The van der Waals surface area contributed by atoms with Crippen molar-refractivity contribution >= 4 is 11.0 Å². The molecular formula is C19H16N4O. The predicted octanol–water partition coefficient (Wildman–Crippen LogP) is 4.31. The van der Waals surface area contributed by atoms with Gasteiger partial charge in [-0.05, 0) is 43.3 Å². The van der Waals surface area contributed by atoms with Crippen LogP contribution in [0.15, 0.2) is 67.1 Å². The topological polar surface area (TPSA) is 52.8 Å². The second-order valence-corrected chi connectivity index (χ2v) is 5.34. The molecule has 0 amide bonds. The molecule has 0 N–H and O–H groups in total. The van der Waals surface area contributed by atoms with Crippen LogP contribution in [-0.4, -0.2) is 19.5 Å². The highest BCUT2D eigenvalue weighted by molar-refractivity contribution is 5.80. The summed E-state index contributed by atoms with van der Waals surface area (Å²) >= 11 is 0. The third kappa shape index (κ3) is 2.60. The zero-order chi connectivity index (χ0) is 16.4. The molecule has 2 aromatic heterocycles. The molecule has 0 saturated heterocycles. The highest BCUT2D eigenvalue weighted by Gasteiger charge is 2.11. The van der Waals surface area contributed by atoms with Crippen molar-refractivity contribution in [1.29, 1.82) is 0 Å². The molecule has 0 aliphatic carbocycles. The molecule has 5 nitrogen and oxygen atoms in total. The van der Waals surface area contributed by atoms with Gasteiger partial charge in [-0.2, -0.15) is 0 Å². The van der Waals surface area contributed by atoms with E-state index in [4.69, 9.17) is 9.72 Å². The lowest BCUT2D eigenvalue weighted by molar-refractivity contribution is 0.460. The molecule has 2 aromatic carbocycles. The molecule has 5 heteroatoms. The van der Waals surface area contributed by atoms with Crippen molar-refractivity contribution in [3.05, 3.63) is 67.1 Å². The number of aromatic nitrogens is 4. The molecule has 0 fully saturated rings. The summed E-state index contributed by atoms with van der Waals surface area (Å²) in [5, 5.41) is 0. The Hall–Kier alpha value is -3.21. The maximum atomic E-state index is 5.68. The van der Waals surface area contributed by atoms with E-state index in [0.717, 1.165) is 34.7 Å². The first-order valence-corrected chi connectivity index (χ1v) is 7.84. The van der Waals surface area contributed by atoms with Crippen molar-refractivity contribution in [2.24, 2.45) is 0 Å². The van der Waals surface area contributed by atoms with Crippen molar-refractivity contribution in [3.8, 4) is 23.0 Å². The molecule has 4 rings (SSSR count). The van der Waals surface area contributed by atoms with Gasteiger partial charge in [0.05, 0.1) is 17.2 Å². The first-order chi connectivity index (χ1) is 11.8. The van der Waals surface area contributed by atoms with E-state index >= 15 is 0 Å². The zero-order valence-corrected chi connectivity index (χ0v) is 13.3. The van der Waals surface area contributed by atoms with Gasteiger partial charge in [0.15, 0.2) is 0 Å². The standard InChI is InChI=1S/C19H16N4O/c1-2-23-17-6-4-3-5-16(17)22-19(23)14-7-9-15(10-8-14)24-18-13-20-11-12-21-18/h3-13H,2H2,1H3. The van der Waals surface area contributed by atoms with Crippen LogP contribution in [0.5, 0.6) is 11.6 Å². The summed E-state index contributed by atoms with van der Waals surface area (Å²) in [5.41, 5.74) is 3.21. The first kappa shape index (κ1) is 14.4. The highest BCUT2D eigenvalue weighted by Crippen LogP contribution is 2.27. The van der Waals surface area contributed by atoms with Crippen molar-refractivity contribution in [3.63, 3.8) is 0 Å². The number of hydrogen-bond donors (Lipinski definition) is 0. The quantitative estimate of drug-likeness (QED) is 0.563. The van der Waals surface area contributed by atoms with Crippen LogP contribution >= 0.6 is 0 Å². The smallest absolute Gasteiger partial charge is 0.237 e. The van der Waals surface area contributed by atoms with Gasteiger partial charge in [0, 0.05) is 24.5 Å². The zero-order valence-electron chi connectivity index (χ0n) is 13.3. The van der Waals surface area contributed by atoms with Gasteiger partial charge in [-0.1, -0.05) is 12.1 Å². The average molecular weight is 316 g/mol. The lowest BCUT2D eigenvalue weighted by atomic mass is 10.2. The predicted molar refractivity (Wildman–Crippen MR) is 92.9 cm³/mol. The third-order valence-corrected chi connectivity index (χ3v) is 3.85. The Labute approximate surface area is 139 Å². The first-order valence-electron chi connectivity index (χ1n) is 7.84. The van der Waals surface area contributed by atoms with E-state index in [0.29, 0.717) is 5.88 Å². The van der Waals surface area contributed by atoms with Crippen LogP contribution < -0.4 is 4.74 Å². The fourth-order valence-corrected chi connectivity index (χ4v) is 2.75. The summed E-state index contributed by atoms with van der Waals surface area (Å²) in [6.07, 6.45) is 4.81. The highest BCUT2D eigenvalue weighted by atomic mass is 16.5. The third-order valence-electron chi connectivity index (χ3n) is 3.85. The largest absolute Gasteiger partial charge is 0.438 e. The molecule has 0 radical (unpaired) electrons. The van der Waals surface area contributed by atoms with Crippen molar-refractivity contribution < 1.29 is 4.74 Å². The summed E-state index contributed by atoms with van der Waals surface area (Å²) in [5.74, 6) is 2.16. The van der Waals surface area contributed by atoms with Crippen LogP contribution in [0.2, 0.25) is 0 Å². The van der Waals surface area contributed by atoms with Gasteiger partial charge in [-0.15, -0.1) is 0 Å². The van der Waals surface area contributed by atoms with E-state index in [2.05, 4.69) is 27.5 Å². The van der Waals surface area contributed by atoms with Gasteiger partial charge < -0.3 is 9.30 Å². The molecule has 0 atom stereocenters. The van der Waals surface area contributed by atoms with Crippen molar-refractivity contribution in [1.82, 2.24) is 19.5 Å². The number of para-hydroxylation sites is 2. The van der Waals surface area contributed by atoms with E-state index in [9.17, 15) is 0 Å². The fourth-order valence-electron chi connectivity index (χ4n) is 2.75. The monoisotopic (exact) mass is 316 g/mol. The van der Waals surface area contributed by atoms with Gasteiger partial charge in [0.2, 0.25) is 5.88 Å². The molecule has 0 unspecified atom stereocenters. The Kier molecular flexibility index (Phi) is 3.67. The van der Waals surface area contributed by atoms with E-state index in [1.54, 1.807) is 18.6 Å². The normalized spacial score (nSPS) is 10.9. The number of hydrogen-bond acceptors (Lipinski definition) is 4. The fraction of sp³-hybridized carbons (Fsp3) is 0.105. The van der Waals surface area contributed by atoms with Gasteiger partial charge in [-0.3, -0.25) is 4.98 Å². The number of imidazole rings is 1. The maximum absolute atomic E-state index is 5.68. The molecule has 0 spiro atoms. The Morgan fingerprint density at radius 1 is 1.00 bits per heavy atom. The minimum Gasteiger partial charge on any atom is -0.438 e. The second kappa shape index (κ2) is 6.12. The molecule has 4 aromatic rings. The summed E-state index contributed by atoms with van der Waals surface area (Å²) in [4.78, 5) is 12.9. The Bertz CT molecular complexity index is 962. The summed E-state index contributed by atoms with van der Waals surface area (Å²) < 4.78 is 7.90. The molecule has 118 valence electrons. The minimum absolute atomic E-state index is 0.478. The van der Waals surface area contributed by atoms with Crippen LogP contribution in [0.3, 0.4) is 0 Å². The number of aryl methyl sites for hydroxylation is 1. The van der Waals surface area contributed by atoms with Gasteiger partial charge in [0.1, 0.15) is 11.6 Å². The van der Waals surface area contributed by atoms with Gasteiger partial charge in [0.25, 0.3) is 0 Å². The molecule has 0 aliphatic heterocycles. The molecule has 2 heterocycles. The molecular weight excluding hydrogens is 300 g/mol. The SMILES string of the molecule is CCn1c(-c2ccc(Oc3cnccn3)cc2)nc2ccccc21. The van der Waals surface area contributed by atoms with Crippen LogP contribution in [0.25, 0.3) is 22.4 Å². The van der Waals surface area contributed by atoms with Gasteiger partial charge in [-0.25, -0.2) is 9.97 Å². The lowest BCUT2D eigenvalue weighted by Gasteiger charge is -2.07. The van der Waals surface area contributed by atoms with Crippen LogP contribution in [0, 0.1) is 0 Å². The van der Waals surface area contributed by atoms with E-state index in [-0.39, 0.29) is 0 Å². The summed E-state index contributed by atoms with van der Waals surface area (Å²) in [7, 11) is 0. The lowest BCUT2D eigenvalue weighted by Crippen LogP contribution is -1.97. The second-order valence-electron chi connectivity index (χ2n) is 5.34. The molecule has 0 saturated carbocycles. The number of rotatable bonds is 4. The van der Waals surface area contributed by atoms with Crippen molar-refractivity contribution in [2.45, 2.75) is 13.5 Å². The average Bonchev–Trinajstić information content (AvgIpc) is 3.02. The Morgan fingerprint density at radius 2 is 1.83 bits per heavy atom. The van der Waals surface area contributed by atoms with E-state index < -0.39 is 0 Å². The molecule has 0 bridgehead atoms. The van der Waals surface area contributed by atoms with E-state index in [1.165, 1.54) is 0 Å². The van der Waals surface area contributed by atoms with Crippen LogP contribution in [0.1, 0.15) is 6.92 Å². The Morgan fingerprint density at radius 3 is 2.58 bits per heavy atom. The van der Waals surface area contributed by atoms with Crippen LogP contribution in [0.4, 0.5) is 0 Å². The summed E-state index contributed by atoms with van der Waals surface area (Å²) in [6.45, 7) is 3.00. The number of benzene rings is 2. The minimum atomic E-state index is 0.478. The van der Waals surface area contributed by atoms with E-state index in [1.807, 2.05) is 42.5 Å². The Balaban J connectivity index is 1.68. The maximum Gasteiger partial charge on any atom is 0.237 e. The van der Waals surface area contributed by atoms with Gasteiger partial charge >= 0.3 is 0 Å².